The van der Waals surface area contributed by atoms with Gasteiger partial charge in [0.15, 0.2) is 4.34 Å². The lowest BCUT2D eigenvalue weighted by molar-refractivity contribution is -0.113. The number of thioether (sulfide) groups is 1. The number of benzene rings is 2. The zero-order chi connectivity index (χ0) is 22.6. The molecule has 2 N–H and O–H groups in total. The van der Waals surface area contributed by atoms with Crippen LogP contribution in [0.3, 0.4) is 0 Å². The van der Waals surface area contributed by atoms with Crippen LogP contribution < -0.4 is 15.4 Å². The third-order valence-electron chi connectivity index (χ3n) is 5.07. The van der Waals surface area contributed by atoms with Gasteiger partial charge in [-0.05, 0) is 49.2 Å². The van der Waals surface area contributed by atoms with Gasteiger partial charge in [-0.15, -0.1) is 10.2 Å². The zero-order valence-electron chi connectivity index (χ0n) is 17.9. The highest BCUT2D eigenvalue weighted by Gasteiger charge is 2.28. The van der Waals surface area contributed by atoms with Crippen LogP contribution >= 0.6 is 23.1 Å². The predicted octanol–water partition coefficient (Wildman–Crippen LogP) is 5.08. The Labute approximate surface area is 199 Å². The van der Waals surface area contributed by atoms with Crippen LogP contribution in [0.5, 0.6) is 5.75 Å². The fourth-order valence-electron chi connectivity index (χ4n) is 3.26. The van der Waals surface area contributed by atoms with Crippen molar-refractivity contribution in [3.63, 3.8) is 0 Å². The fraction of sp³-hybridized carbons (Fsp3) is 0.217. The molecule has 1 saturated carbocycles. The lowest BCUT2D eigenvalue weighted by Crippen LogP contribution is -2.16. The van der Waals surface area contributed by atoms with Crippen LogP contribution in [0.1, 0.15) is 24.5 Å². The van der Waals surface area contributed by atoms with Crippen LogP contribution in [0, 0.1) is 0 Å². The summed E-state index contributed by atoms with van der Waals surface area (Å²) in [4.78, 5) is 12.7. The van der Waals surface area contributed by atoms with Gasteiger partial charge in [-0.3, -0.25) is 4.79 Å². The Hall–Kier alpha value is -3.37. The summed E-state index contributed by atoms with van der Waals surface area (Å²) in [6, 6.07) is 19.4. The van der Waals surface area contributed by atoms with Crippen molar-refractivity contribution < 1.29 is 9.53 Å². The van der Waals surface area contributed by atoms with E-state index in [2.05, 4.69) is 20.8 Å². The Balaban J connectivity index is 1.20. The van der Waals surface area contributed by atoms with Gasteiger partial charge >= 0.3 is 0 Å². The molecule has 5 rings (SSSR count). The Morgan fingerprint density at radius 3 is 2.67 bits per heavy atom. The number of aromatic nitrogens is 4. The number of hydrogen-bond acceptors (Lipinski definition) is 8. The number of rotatable bonds is 9. The maximum Gasteiger partial charge on any atom is 0.235 e. The van der Waals surface area contributed by atoms with Gasteiger partial charge < -0.3 is 15.4 Å². The highest BCUT2D eigenvalue weighted by molar-refractivity contribution is 8.01. The van der Waals surface area contributed by atoms with E-state index in [1.165, 1.54) is 23.1 Å². The minimum absolute atomic E-state index is 0.112. The summed E-state index contributed by atoms with van der Waals surface area (Å²) >= 11 is 2.76. The summed E-state index contributed by atoms with van der Waals surface area (Å²) in [5.74, 6) is 2.10. The lowest BCUT2D eigenvalue weighted by atomic mass is 10.3. The van der Waals surface area contributed by atoms with E-state index < -0.39 is 0 Å². The summed E-state index contributed by atoms with van der Waals surface area (Å²) in [6.45, 7) is 0. The number of nitrogens with zero attached hydrogens (tertiary/aromatic N) is 4. The van der Waals surface area contributed by atoms with E-state index in [4.69, 9.17) is 9.84 Å². The highest BCUT2D eigenvalue weighted by atomic mass is 32.2. The second-order valence-corrected chi connectivity index (χ2v) is 9.74. The second-order valence-electron chi connectivity index (χ2n) is 7.54. The van der Waals surface area contributed by atoms with Gasteiger partial charge in [0, 0.05) is 17.7 Å². The number of methoxy groups -OCH3 is 1. The molecule has 0 spiro atoms. The summed E-state index contributed by atoms with van der Waals surface area (Å²) in [6.07, 6.45) is 2.30. The molecule has 168 valence electrons. The molecular formula is C23H22N6O2S2. The van der Waals surface area contributed by atoms with Crippen molar-refractivity contribution in [2.45, 2.75) is 23.1 Å². The molecule has 10 heteroatoms. The molecule has 8 nitrogen and oxygen atoms in total. The van der Waals surface area contributed by atoms with Gasteiger partial charge in [-0.25, -0.2) is 4.68 Å². The molecule has 0 saturated heterocycles. The maximum absolute atomic E-state index is 12.7. The van der Waals surface area contributed by atoms with Crippen LogP contribution in [0.2, 0.25) is 0 Å². The molecule has 2 aromatic carbocycles. The largest absolute Gasteiger partial charge is 0.497 e. The zero-order valence-corrected chi connectivity index (χ0v) is 19.5. The molecule has 0 aliphatic heterocycles. The van der Waals surface area contributed by atoms with E-state index in [1.54, 1.807) is 11.8 Å². The van der Waals surface area contributed by atoms with Gasteiger partial charge in [0.25, 0.3) is 0 Å². The van der Waals surface area contributed by atoms with Gasteiger partial charge in [0.1, 0.15) is 11.6 Å². The average molecular weight is 479 g/mol. The van der Waals surface area contributed by atoms with E-state index in [0.717, 1.165) is 40.0 Å². The van der Waals surface area contributed by atoms with E-state index in [0.29, 0.717) is 16.9 Å². The van der Waals surface area contributed by atoms with Crippen molar-refractivity contribution in [3.05, 3.63) is 66.4 Å². The first-order chi connectivity index (χ1) is 16.2. The Kier molecular flexibility index (Phi) is 6.27. The van der Waals surface area contributed by atoms with Gasteiger partial charge in [0.2, 0.25) is 11.0 Å². The molecule has 0 radical (unpaired) electrons. The van der Waals surface area contributed by atoms with Gasteiger partial charge in [-0.1, -0.05) is 41.3 Å². The number of amides is 1. The quantitative estimate of drug-likeness (QED) is 0.324. The number of carbonyl (C=O) groups is 1. The number of anilines is 3. The molecule has 33 heavy (non-hydrogen) atoms. The monoisotopic (exact) mass is 478 g/mol. The van der Waals surface area contributed by atoms with E-state index >= 15 is 0 Å². The van der Waals surface area contributed by atoms with Crippen LogP contribution in [0.4, 0.5) is 16.6 Å². The van der Waals surface area contributed by atoms with E-state index in [1.807, 2.05) is 60.7 Å². The van der Waals surface area contributed by atoms with Crippen LogP contribution in [-0.2, 0) is 4.79 Å². The van der Waals surface area contributed by atoms with Crippen LogP contribution in [0.25, 0.3) is 5.69 Å². The SMILES string of the molecule is COc1ccc(Nc2nnc(SCC(=O)Nc3cc(C4CC4)nn3-c3ccccc3)s2)cc1. The van der Waals surface area contributed by atoms with Crippen molar-refractivity contribution in [2.24, 2.45) is 0 Å². The number of nitrogens with one attached hydrogen (secondary N) is 2. The molecule has 4 aromatic rings. The fourth-order valence-corrected chi connectivity index (χ4v) is 4.83. The number of ether oxygens (including phenoxy) is 1. The molecule has 1 amide bonds. The second kappa shape index (κ2) is 9.63. The summed E-state index contributed by atoms with van der Waals surface area (Å²) < 4.78 is 7.69. The Bertz CT molecular complexity index is 1240. The van der Waals surface area contributed by atoms with Gasteiger partial charge in [0.05, 0.1) is 24.2 Å². The Morgan fingerprint density at radius 2 is 1.94 bits per heavy atom. The lowest BCUT2D eigenvalue weighted by Gasteiger charge is -2.08. The summed E-state index contributed by atoms with van der Waals surface area (Å²) in [5, 5.41) is 19.9. The molecule has 0 bridgehead atoms. The van der Waals surface area contributed by atoms with Crippen LogP contribution in [-0.4, -0.2) is 38.7 Å². The van der Waals surface area contributed by atoms with E-state index in [9.17, 15) is 4.79 Å². The first kappa shape index (κ1) is 21.5. The normalized spacial score (nSPS) is 13.0. The van der Waals surface area contributed by atoms with Crippen molar-refractivity contribution in [1.82, 2.24) is 20.0 Å². The molecule has 1 aliphatic rings. The van der Waals surface area contributed by atoms with Crippen molar-refractivity contribution in [1.29, 1.82) is 0 Å². The topological polar surface area (TPSA) is 94.0 Å². The molecular weight excluding hydrogens is 456 g/mol. The first-order valence-electron chi connectivity index (χ1n) is 10.5. The highest BCUT2D eigenvalue weighted by Crippen LogP contribution is 2.40. The Morgan fingerprint density at radius 1 is 1.15 bits per heavy atom. The van der Waals surface area contributed by atoms with E-state index in [-0.39, 0.29) is 11.7 Å². The first-order valence-corrected chi connectivity index (χ1v) is 12.3. The summed E-state index contributed by atoms with van der Waals surface area (Å²) in [7, 11) is 1.63. The summed E-state index contributed by atoms with van der Waals surface area (Å²) in [5.41, 5.74) is 2.84. The third kappa shape index (κ3) is 5.35. The smallest absolute Gasteiger partial charge is 0.235 e. The molecule has 2 aromatic heterocycles. The van der Waals surface area contributed by atoms with Crippen molar-refractivity contribution in [3.8, 4) is 11.4 Å². The molecule has 1 aliphatic carbocycles. The molecule has 0 unspecified atom stereocenters. The minimum Gasteiger partial charge on any atom is -0.497 e. The molecule has 0 atom stereocenters. The predicted molar refractivity (Wildman–Crippen MR) is 131 cm³/mol. The average Bonchev–Trinajstić information content (AvgIpc) is 3.47. The van der Waals surface area contributed by atoms with Crippen molar-refractivity contribution in [2.75, 3.05) is 23.5 Å². The molecule has 1 fully saturated rings. The number of para-hydroxylation sites is 1. The van der Waals surface area contributed by atoms with Gasteiger partial charge in [-0.2, -0.15) is 5.10 Å². The standard InChI is InChI=1S/C23H22N6O2S2/c1-31-18-11-9-16(10-12-18)24-22-26-27-23(33-22)32-14-21(30)25-20-13-19(15-7-8-15)28-29(20)17-5-3-2-4-6-17/h2-6,9-13,15H,7-8,14H2,1H3,(H,24,26)(H,25,30). The minimum atomic E-state index is -0.112. The third-order valence-corrected chi connectivity index (χ3v) is 7.04. The number of hydrogen-bond donors (Lipinski definition) is 2. The van der Waals surface area contributed by atoms with Crippen molar-refractivity contribution >= 4 is 45.6 Å². The maximum atomic E-state index is 12.7. The van der Waals surface area contributed by atoms with Crippen LogP contribution in [0.15, 0.2) is 65.0 Å². The molecule has 2 heterocycles. The number of carbonyl (C=O) groups excluding carboxylic acids is 1.